The number of halogens is 1. The lowest BCUT2D eigenvalue weighted by Crippen LogP contribution is -2.49. The van der Waals surface area contributed by atoms with Crippen molar-refractivity contribution in [2.24, 2.45) is 5.92 Å². The van der Waals surface area contributed by atoms with E-state index in [0.29, 0.717) is 12.5 Å². The first-order chi connectivity index (χ1) is 11.6. The summed E-state index contributed by atoms with van der Waals surface area (Å²) in [6, 6.07) is 8.73. The first kappa shape index (κ1) is 16.9. The smallest absolute Gasteiger partial charge is 0.235 e. The summed E-state index contributed by atoms with van der Waals surface area (Å²) in [5.41, 5.74) is 0.332. The summed E-state index contributed by atoms with van der Waals surface area (Å²) >= 11 is 0. The Kier molecular flexibility index (Phi) is 5.15. The predicted molar refractivity (Wildman–Crippen MR) is 89.4 cm³/mol. The molecule has 3 rings (SSSR count). The summed E-state index contributed by atoms with van der Waals surface area (Å²) in [4.78, 5) is 14.6. The van der Waals surface area contributed by atoms with Gasteiger partial charge in [-0.15, -0.1) is 0 Å². The summed E-state index contributed by atoms with van der Waals surface area (Å²) in [6.07, 6.45) is 5.91. The van der Waals surface area contributed by atoms with E-state index in [0.717, 1.165) is 37.8 Å². The van der Waals surface area contributed by atoms with Crippen LogP contribution in [-0.4, -0.2) is 29.4 Å². The lowest BCUT2D eigenvalue weighted by atomic mass is 10.00. The van der Waals surface area contributed by atoms with Gasteiger partial charge in [0, 0.05) is 13.1 Å². The first-order valence-electron chi connectivity index (χ1n) is 8.78. The highest BCUT2D eigenvalue weighted by molar-refractivity contribution is 5.79. The molecule has 2 aliphatic carbocycles. The van der Waals surface area contributed by atoms with E-state index in [1.54, 1.807) is 12.1 Å². The molecule has 2 saturated carbocycles. The molecule has 24 heavy (non-hydrogen) atoms. The molecule has 2 fully saturated rings. The monoisotopic (exact) mass is 329 g/mol. The van der Waals surface area contributed by atoms with Crippen LogP contribution in [0.15, 0.2) is 24.3 Å². The first-order valence-corrected chi connectivity index (χ1v) is 8.78. The van der Waals surface area contributed by atoms with Gasteiger partial charge in [-0.3, -0.25) is 9.69 Å². The van der Waals surface area contributed by atoms with E-state index in [-0.39, 0.29) is 18.3 Å². The highest BCUT2D eigenvalue weighted by Gasteiger charge is 2.36. The van der Waals surface area contributed by atoms with Crippen molar-refractivity contribution in [1.82, 2.24) is 10.2 Å². The number of hydrogen-bond acceptors (Lipinski definition) is 3. The molecule has 4 nitrogen and oxygen atoms in total. The van der Waals surface area contributed by atoms with Crippen molar-refractivity contribution in [1.29, 1.82) is 5.26 Å². The zero-order chi connectivity index (χ0) is 17.0. The van der Waals surface area contributed by atoms with Crippen LogP contribution in [0, 0.1) is 23.1 Å². The lowest BCUT2D eigenvalue weighted by Gasteiger charge is -2.26. The molecule has 0 aromatic heterocycles. The van der Waals surface area contributed by atoms with Crippen molar-refractivity contribution in [2.45, 2.75) is 50.6 Å². The van der Waals surface area contributed by atoms with Crippen LogP contribution >= 0.6 is 0 Å². The lowest BCUT2D eigenvalue weighted by molar-refractivity contribution is -0.123. The number of rotatable bonds is 7. The maximum absolute atomic E-state index is 13.1. The molecule has 0 bridgehead atoms. The van der Waals surface area contributed by atoms with Crippen molar-refractivity contribution in [3.63, 3.8) is 0 Å². The van der Waals surface area contributed by atoms with E-state index in [9.17, 15) is 14.4 Å². The fourth-order valence-electron chi connectivity index (χ4n) is 3.45. The predicted octanol–water partition coefficient (Wildman–Crippen LogP) is 2.99. The Hall–Kier alpha value is -1.93. The number of nitrogens with zero attached hydrogens (tertiary/aromatic N) is 2. The van der Waals surface area contributed by atoms with Crippen LogP contribution in [0.5, 0.6) is 0 Å². The zero-order valence-corrected chi connectivity index (χ0v) is 13.9. The average Bonchev–Trinajstić information content (AvgIpc) is 3.25. The number of benzene rings is 1. The van der Waals surface area contributed by atoms with E-state index in [4.69, 9.17) is 0 Å². The van der Waals surface area contributed by atoms with Gasteiger partial charge >= 0.3 is 0 Å². The van der Waals surface area contributed by atoms with Gasteiger partial charge in [0.25, 0.3) is 0 Å². The molecular formula is C19H24FN3O. The molecule has 0 aliphatic heterocycles. The maximum atomic E-state index is 13.1. The zero-order valence-electron chi connectivity index (χ0n) is 13.9. The van der Waals surface area contributed by atoms with E-state index >= 15 is 0 Å². The van der Waals surface area contributed by atoms with Gasteiger partial charge in [-0.25, -0.2) is 4.39 Å². The van der Waals surface area contributed by atoms with Crippen molar-refractivity contribution < 1.29 is 9.18 Å². The van der Waals surface area contributed by atoms with Crippen LogP contribution in [0.25, 0.3) is 0 Å². The normalized spacial score (nSPS) is 19.2. The van der Waals surface area contributed by atoms with Gasteiger partial charge in [-0.2, -0.15) is 5.26 Å². The van der Waals surface area contributed by atoms with Crippen LogP contribution < -0.4 is 5.32 Å². The molecule has 2 aliphatic rings. The molecular weight excluding hydrogens is 305 g/mol. The third-order valence-electron chi connectivity index (χ3n) is 4.95. The summed E-state index contributed by atoms with van der Waals surface area (Å²) in [7, 11) is 0. The third-order valence-corrected chi connectivity index (χ3v) is 4.95. The van der Waals surface area contributed by atoms with Crippen LogP contribution in [0.2, 0.25) is 0 Å². The second-order valence-electron chi connectivity index (χ2n) is 7.19. The van der Waals surface area contributed by atoms with Crippen LogP contribution in [-0.2, 0) is 11.3 Å². The minimum atomic E-state index is -0.668. The van der Waals surface area contributed by atoms with E-state index in [1.165, 1.54) is 25.0 Å². The van der Waals surface area contributed by atoms with Gasteiger partial charge in [-0.05, 0) is 62.1 Å². The Morgan fingerprint density at radius 3 is 2.54 bits per heavy atom. The maximum Gasteiger partial charge on any atom is 0.235 e. The number of hydrogen-bond donors (Lipinski definition) is 1. The largest absolute Gasteiger partial charge is 0.337 e. The Morgan fingerprint density at radius 1 is 1.29 bits per heavy atom. The molecule has 128 valence electrons. The molecule has 1 N–H and O–H groups in total. The van der Waals surface area contributed by atoms with E-state index < -0.39 is 5.54 Å². The van der Waals surface area contributed by atoms with Crippen LogP contribution in [0.4, 0.5) is 4.39 Å². The second-order valence-corrected chi connectivity index (χ2v) is 7.19. The van der Waals surface area contributed by atoms with Crippen molar-refractivity contribution in [3.05, 3.63) is 35.6 Å². The quantitative estimate of drug-likeness (QED) is 0.837. The molecule has 0 heterocycles. The number of carbonyl (C=O) groups is 1. The van der Waals surface area contributed by atoms with E-state index in [1.807, 2.05) is 0 Å². The average molecular weight is 329 g/mol. The van der Waals surface area contributed by atoms with Crippen molar-refractivity contribution in [2.75, 3.05) is 13.1 Å². The molecule has 1 amide bonds. The van der Waals surface area contributed by atoms with Crippen molar-refractivity contribution >= 4 is 5.91 Å². The fraction of sp³-hybridized carbons (Fsp3) is 0.579. The molecule has 1 aromatic carbocycles. The molecule has 5 heteroatoms. The minimum Gasteiger partial charge on any atom is -0.337 e. The standard InChI is InChI=1S/C19H24FN3O/c20-17-7-5-16(6-8-17)12-23(11-15-3-4-15)13-18(24)22-19(14-21)9-1-2-10-19/h5-8,15H,1-4,9-13H2,(H,22,24). The van der Waals surface area contributed by atoms with Gasteiger partial charge in [0.2, 0.25) is 5.91 Å². The van der Waals surface area contributed by atoms with Gasteiger partial charge in [0.05, 0.1) is 12.6 Å². The SMILES string of the molecule is N#CC1(NC(=O)CN(Cc2ccc(F)cc2)CC2CC2)CCCC1. The Balaban J connectivity index is 1.59. The summed E-state index contributed by atoms with van der Waals surface area (Å²) in [5.74, 6) is 0.332. The van der Waals surface area contributed by atoms with Gasteiger partial charge in [0.15, 0.2) is 0 Å². The third kappa shape index (κ3) is 4.55. The van der Waals surface area contributed by atoms with Crippen molar-refractivity contribution in [3.8, 4) is 6.07 Å². The highest BCUT2D eigenvalue weighted by Crippen LogP contribution is 2.31. The highest BCUT2D eigenvalue weighted by atomic mass is 19.1. The molecule has 0 atom stereocenters. The van der Waals surface area contributed by atoms with Gasteiger partial charge in [-0.1, -0.05) is 12.1 Å². The van der Waals surface area contributed by atoms with Gasteiger partial charge in [0.1, 0.15) is 11.4 Å². The number of carbonyl (C=O) groups excluding carboxylic acids is 1. The fourth-order valence-corrected chi connectivity index (χ4v) is 3.45. The molecule has 1 aromatic rings. The summed E-state index contributed by atoms with van der Waals surface area (Å²) < 4.78 is 13.1. The molecule has 0 radical (unpaired) electrons. The summed E-state index contributed by atoms with van der Waals surface area (Å²) in [6.45, 7) is 1.80. The molecule has 0 saturated heterocycles. The van der Waals surface area contributed by atoms with Crippen LogP contribution in [0.1, 0.15) is 44.1 Å². The number of amides is 1. The summed E-state index contributed by atoms with van der Waals surface area (Å²) in [5, 5.41) is 12.4. The molecule has 0 spiro atoms. The Bertz CT molecular complexity index is 612. The Labute approximate surface area is 142 Å². The van der Waals surface area contributed by atoms with Crippen LogP contribution in [0.3, 0.4) is 0 Å². The van der Waals surface area contributed by atoms with Gasteiger partial charge < -0.3 is 5.32 Å². The Morgan fingerprint density at radius 2 is 1.96 bits per heavy atom. The number of nitrogens with one attached hydrogen (secondary N) is 1. The minimum absolute atomic E-state index is 0.0822. The molecule has 0 unspecified atom stereocenters. The second kappa shape index (κ2) is 7.31. The topological polar surface area (TPSA) is 56.1 Å². The number of nitriles is 1. The van der Waals surface area contributed by atoms with E-state index in [2.05, 4.69) is 16.3 Å².